The predicted molar refractivity (Wildman–Crippen MR) is 130 cm³/mol. The molecule has 6 nitrogen and oxygen atoms in total. The highest BCUT2D eigenvalue weighted by Gasteiger charge is 2.42. The topological polar surface area (TPSA) is 77.8 Å². The van der Waals surface area contributed by atoms with Gasteiger partial charge < -0.3 is 19.2 Å². The van der Waals surface area contributed by atoms with Gasteiger partial charge in [0.05, 0.1) is 18.6 Å². The minimum absolute atomic E-state index is 0.0789. The third-order valence-corrected chi connectivity index (χ3v) is 7.08. The Kier molecular flexibility index (Phi) is 6.07. The number of carbonyl (C=O) groups is 2. The Morgan fingerprint density at radius 3 is 2.62 bits per heavy atom. The van der Waals surface area contributed by atoms with Crippen molar-refractivity contribution in [3.8, 4) is 11.5 Å². The van der Waals surface area contributed by atoms with Crippen LogP contribution >= 0.6 is 0 Å². The summed E-state index contributed by atoms with van der Waals surface area (Å²) in [6, 6.07) is 11.3. The van der Waals surface area contributed by atoms with E-state index < -0.39 is 0 Å². The van der Waals surface area contributed by atoms with Crippen molar-refractivity contribution < 1.29 is 23.5 Å². The van der Waals surface area contributed by atoms with E-state index in [9.17, 15) is 9.59 Å². The Bertz CT molecular complexity index is 1230. The van der Waals surface area contributed by atoms with Gasteiger partial charge in [0.2, 0.25) is 0 Å². The average Bonchev–Trinajstić information content (AvgIpc) is 3.01. The van der Waals surface area contributed by atoms with Crippen LogP contribution in [0.5, 0.6) is 11.5 Å². The average molecular weight is 462 g/mol. The number of para-hydroxylation sites is 1. The van der Waals surface area contributed by atoms with Crippen molar-refractivity contribution in [1.82, 2.24) is 5.32 Å². The number of ketones is 1. The van der Waals surface area contributed by atoms with Gasteiger partial charge in [-0.2, -0.15) is 0 Å². The first-order valence-corrected chi connectivity index (χ1v) is 12.3. The number of aryl methyl sites for hydroxylation is 1. The van der Waals surface area contributed by atoms with Crippen LogP contribution < -0.4 is 14.8 Å². The Morgan fingerprint density at radius 2 is 1.85 bits per heavy atom. The van der Waals surface area contributed by atoms with Crippen LogP contribution in [0.15, 0.2) is 40.8 Å². The van der Waals surface area contributed by atoms with Crippen molar-refractivity contribution in [2.45, 2.75) is 70.9 Å². The number of amides is 1. The van der Waals surface area contributed by atoms with E-state index >= 15 is 0 Å². The number of furan rings is 1. The summed E-state index contributed by atoms with van der Waals surface area (Å²) in [5.74, 6) is 1.34. The Hall–Kier alpha value is -3.28. The van der Waals surface area contributed by atoms with Crippen LogP contribution in [0.3, 0.4) is 0 Å². The van der Waals surface area contributed by atoms with Gasteiger partial charge in [-0.3, -0.25) is 9.59 Å². The summed E-state index contributed by atoms with van der Waals surface area (Å²) < 4.78 is 18.1. The maximum atomic E-state index is 13.4. The molecule has 1 aliphatic carbocycles. The smallest absolute Gasteiger partial charge is 0.287 e. The predicted octanol–water partition coefficient (Wildman–Crippen LogP) is 6.13. The number of hydrogen-bond donors (Lipinski definition) is 1. The van der Waals surface area contributed by atoms with Crippen molar-refractivity contribution in [3.05, 3.63) is 58.8 Å². The van der Waals surface area contributed by atoms with E-state index in [1.54, 1.807) is 0 Å². The number of ether oxygens (including phenoxy) is 2. The SMILES string of the molecule is CCOc1ccccc1CNC(=O)c1oc2ccc3c(c2c1C)C(=O)CC1(CCCCCC1)O3. The molecule has 2 heterocycles. The van der Waals surface area contributed by atoms with Crippen molar-refractivity contribution in [2.75, 3.05) is 6.61 Å². The number of fused-ring (bicyclic) bond motifs is 3. The molecule has 0 radical (unpaired) electrons. The Morgan fingerprint density at radius 1 is 1.09 bits per heavy atom. The van der Waals surface area contributed by atoms with Crippen LogP contribution in [0.25, 0.3) is 11.0 Å². The van der Waals surface area contributed by atoms with E-state index in [4.69, 9.17) is 13.9 Å². The fourth-order valence-electron chi connectivity index (χ4n) is 5.40. The van der Waals surface area contributed by atoms with Gasteiger partial charge in [0.15, 0.2) is 11.5 Å². The van der Waals surface area contributed by atoms with Crippen LogP contribution in [-0.4, -0.2) is 23.9 Å². The molecule has 6 heteroatoms. The lowest BCUT2D eigenvalue weighted by molar-refractivity contribution is 0.0301. The first-order chi connectivity index (χ1) is 16.5. The van der Waals surface area contributed by atoms with Crippen LogP contribution in [0.1, 0.15) is 83.9 Å². The van der Waals surface area contributed by atoms with Crippen LogP contribution in [0, 0.1) is 6.92 Å². The van der Waals surface area contributed by atoms with Crippen molar-refractivity contribution >= 4 is 22.7 Å². The molecular formula is C28H31NO5. The molecule has 0 saturated heterocycles. The molecular weight excluding hydrogens is 430 g/mol. The summed E-state index contributed by atoms with van der Waals surface area (Å²) in [6.07, 6.45) is 6.78. The van der Waals surface area contributed by atoms with E-state index in [1.807, 2.05) is 50.2 Å². The number of nitrogens with one attached hydrogen (secondary N) is 1. The number of carbonyl (C=O) groups excluding carboxylic acids is 2. The maximum absolute atomic E-state index is 13.4. The minimum atomic E-state index is -0.389. The molecule has 1 saturated carbocycles. The summed E-state index contributed by atoms with van der Waals surface area (Å²) >= 11 is 0. The molecule has 2 aliphatic rings. The quantitative estimate of drug-likeness (QED) is 0.495. The Balaban J connectivity index is 1.43. The third-order valence-electron chi connectivity index (χ3n) is 7.08. The van der Waals surface area contributed by atoms with E-state index in [-0.39, 0.29) is 23.1 Å². The summed E-state index contributed by atoms with van der Waals surface area (Å²) in [5, 5.41) is 3.62. The summed E-state index contributed by atoms with van der Waals surface area (Å²) in [6.45, 7) is 4.62. The molecule has 1 N–H and O–H groups in total. The largest absolute Gasteiger partial charge is 0.494 e. The maximum Gasteiger partial charge on any atom is 0.287 e. The summed E-state index contributed by atoms with van der Waals surface area (Å²) in [4.78, 5) is 26.4. The molecule has 1 aliphatic heterocycles. The van der Waals surface area contributed by atoms with Gasteiger partial charge in [-0.15, -0.1) is 0 Å². The normalized spacial score (nSPS) is 17.2. The lowest BCUT2D eigenvalue weighted by Gasteiger charge is -2.37. The molecule has 34 heavy (non-hydrogen) atoms. The lowest BCUT2D eigenvalue weighted by atomic mass is 9.83. The zero-order chi connectivity index (χ0) is 23.7. The highest BCUT2D eigenvalue weighted by atomic mass is 16.5. The molecule has 0 atom stereocenters. The van der Waals surface area contributed by atoms with Gasteiger partial charge in [-0.25, -0.2) is 0 Å². The van der Waals surface area contributed by atoms with Crippen molar-refractivity contribution in [3.63, 3.8) is 0 Å². The van der Waals surface area contributed by atoms with E-state index in [0.29, 0.717) is 47.4 Å². The summed E-state index contributed by atoms with van der Waals surface area (Å²) in [7, 11) is 0. The van der Waals surface area contributed by atoms with Gasteiger partial charge in [0.25, 0.3) is 5.91 Å². The first kappa shape index (κ1) is 22.5. The molecule has 1 spiro atoms. The van der Waals surface area contributed by atoms with Crippen LogP contribution in [0.4, 0.5) is 0 Å². The van der Waals surface area contributed by atoms with Crippen molar-refractivity contribution in [2.24, 2.45) is 0 Å². The fraction of sp³-hybridized carbons (Fsp3) is 0.429. The fourth-order valence-corrected chi connectivity index (χ4v) is 5.40. The summed E-state index contributed by atoms with van der Waals surface area (Å²) in [5.41, 5.74) is 2.25. The zero-order valence-electron chi connectivity index (χ0n) is 19.9. The second-order valence-corrected chi connectivity index (χ2v) is 9.39. The monoisotopic (exact) mass is 461 g/mol. The van der Waals surface area contributed by atoms with Gasteiger partial charge >= 0.3 is 0 Å². The Labute approximate surface area is 199 Å². The number of hydrogen-bond acceptors (Lipinski definition) is 5. The molecule has 2 aromatic carbocycles. The zero-order valence-corrected chi connectivity index (χ0v) is 19.9. The van der Waals surface area contributed by atoms with E-state index in [1.165, 1.54) is 12.8 Å². The molecule has 0 unspecified atom stereocenters. The molecule has 3 aromatic rings. The molecule has 1 aromatic heterocycles. The highest BCUT2D eigenvalue weighted by Crippen LogP contribution is 2.44. The van der Waals surface area contributed by atoms with Crippen LogP contribution in [0.2, 0.25) is 0 Å². The van der Waals surface area contributed by atoms with Gasteiger partial charge in [0.1, 0.15) is 22.7 Å². The molecule has 0 bridgehead atoms. The second kappa shape index (κ2) is 9.16. The highest BCUT2D eigenvalue weighted by molar-refractivity contribution is 6.13. The second-order valence-electron chi connectivity index (χ2n) is 9.39. The van der Waals surface area contributed by atoms with E-state index in [2.05, 4.69) is 5.32 Å². The van der Waals surface area contributed by atoms with Crippen LogP contribution in [-0.2, 0) is 6.54 Å². The number of benzene rings is 2. The molecule has 178 valence electrons. The molecule has 1 amide bonds. The number of rotatable bonds is 5. The van der Waals surface area contributed by atoms with E-state index in [0.717, 1.165) is 37.0 Å². The molecule has 1 fully saturated rings. The lowest BCUT2D eigenvalue weighted by Crippen LogP contribution is -2.41. The first-order valence-electron chi connectivity index (χ1n) is 12.3. The van der Waals surface area contributed by atoms with Gasteiger partial charge in [-0.05, 0) is 57.7 Å². The standard InChI is InChI=1S/C28H31NO5/c1-3-32-21-11-7-6-10-19(21)17-29-27(31)26-18(2)24-22(33-26)12-13-23-25(24)20(30)16-28(34-23)14-8-4-5-9-15-28/h6-7,10-13H,3-5,8-9,14-17H2,1-2H3,(H,29,31). The van der Waals surface area contributed by atoms with Gasteiger partial charge in [-0.1, -0.05) is 31.0 Å². The number of Topliss-reactive ketones (excluding diaryl/α,β-unsaturated/α-hetero) is 1. The van der Waals surface area contributed by atoms with Crippen molar-refractivity contribution in [1.29, 1.82) is 0 Å². The molecule has 5 rings (SSSR count). The van der Waals surface area contributed by atoms with Gasteiger partial charge in [0, 0.05) is 23.1 Å². The third kappa shape index (κ3) is 4.06. The minimum Gasteiger partial charge on any atom is -0.494 e.